The van der Waals surface area contributed by atoms with Crippen molar-refractivity contribution in [2.75, 3.05) is 38.7 Å². The molecule has 5 aromatic rings. The Hall–Kier alpha value is -3.15. The Morgan fingerprint density at radius 1 is 1.19 bits per heavy atom. The van der Waals surface area contributed by atoms with Crippen LogP contribution in [0, 0.1) is 0 Å². The number of aromatic nitrogens is 3. The van der Waals surface area contributed by atoms with Gasteiger partial charge in [-0.3, -0.25) is 4.79 Å². The summed E-state index contributed by atoms with van der Waals surface area (Å²) in [5.74, 6) is 0.00864. The molecule has 0 atom stereocenters. The van der Waals surface area contributed by atoms with Crippen molar-refractivity contribution in [3.05, 3.63) is 53.2 Å². The van der Waals surface area contributed by atoms with E-state index in [-0.39, 0.29) is 5.91 Å². The van der Waals surface area contributed by atoms with Crippen LogP contribution in [0.5, 0.6) is 0 Å². The van der Waals surface area contributed by atoms with Gasteiger partial charge in [-0.05, 0) is 53.9 Å². The van der Waals surface area contributed by atoms with Gasteiger partial charge in [-0.1, -0.05) is 6.07 Å². The van der Waals surface area contributed by atoms with E-state index >= 15 is 0 Å². The van der Waals surface area contributed by atoms with Crippen molar-refractivity contribution in [2.45, 2.75) is 19.4 Å². The highest BCUT2D eigenvalue weighted by molar-refractivity contribution is 7.23. The van der Waals surface area contributed by atoms with Crippen molar-refractivity contribution < 1.29 is 9.53 Å². The molecule has 1 aromatic carbocycles. The van der Waals surface area contributed by atoms with E-state index in [1.807, 2.05) is 12.4 Å². The van der Waals surface area contributed by atoms with Crippen molar-refractivity contribution in [1.29, 1.82) is 0 Å². The van der Waals surface area contributed by atoms with Crippen molar-refractivity contribution >= 4 is 54.8 Å². The monoisotopic (exact) mass is 532 g/mol. The third-order valence-electron chi connectivity index (χ3n) is 6.57. The number of thiazole rings is 1. The number of hydrogen-bond donors (Lipinski definition) is 4. The number of rotatable bonds is 9. The van der Waals surface area contributed by atoms with Gasteiger partial charge < -0.3 is 25.7 Å². The molecule has 4 N–H and O–H groups in total. The zero-order valence-electron chi connectivity index (χ0n) is 20.5. The van der Waals surface area contributed by atoms with Crippen LogP contribution in [0.15, 0.2) is 42.7 Å². The molecule has 0 fully saturated rings. The Labute approximate surface area is 222 Å². The fourth-order valence-corrected chi connectivity index (χ4v) is 7.13. The van der Waals surface area contributed by atoms with Crippen LogP contribution >= 0.6 is 22.7 Å². The number of pyridine rings is 1. The molecule has 1 amide bonds. The van der Waals surface area contributed by atoms with E-state index in [9.17, 15) is 4.79 Å². The number of thiophene rings is 1. The van der Waals surface area contributed by atoms with Crippen LogP contribution in [0.3, 0.4) is 0 Å². The Morgan fingerprint density at radius 3 is 3.05 bits per heavy atom. The van der Waals surface area contributed by atoms with Crippen LogP contribution in [0.1, 0.15) is 16.9 Å². The molecule has 0 bridgehead atoms. The number of nitrogens with one attached hydrogen (secondary N) is 4. The van der Waals surface area contributed by atoms with Gasteiger partial charge in [0.2, 0.25) is 5.91 Å². The average Bonchev–Trinajstić information content (AvgIpc) is 3.64. The number of nitrogens with zero attached hydrogens (tertiary/aromatic N) is 2. The van der Waals surface area contributed by atoms with E-state index in [4.69, 9.17) is 9.72 Å². The molecule has 0 radical (unpaired) electrons. The molecule has 1 aliphatic heterocycles. The van der Waals surface area contributed by atoms with E-state index in [0.717, 1.165) is 74.0 Å². The lowest BCUT2D eigenvalue weighted by Gasteiger charge is -2.13. The number of ether oxygens (including phenoxy) is 1. The number of amides is 1. The molecule has 4 aromatic heterocycles. The number of carbonyl (C=O) groups excluding carboxylic acids is 1. The van der Waals surface area contributed by atoms with Gasteiger partial charge in [-0.25, -0.2) is 9.97 Å². The molecule has 190 valence electrons. The summed E-state index contributed by atoms with van der Waals surface area (Å²) in [6.45, 7) is 3.73. The van der Waals surface area contributed by atoms with Gasteiger partial charge in [0.1, 0.15) is 15.7 Å². The summed E-state index contributed by atoms with van der Waals surface area (Å²) in [5, 5.41) is 12.8. The number of fused-ring (bicyclic) bond motifs is 3. The number of hydrogen-bond acceptors (Lipinski definition) is 8. The van der Waals surface area contributed by atoms with E-state index < -0.39 is 0 Å². The Bertz CT molecular complexity index is 1570. The minimum Gasteiger partial charge on any atom is -0.383 e. The topological polar surface area (TPSA) is 104 Å². The van der Waals surface area contributed by atoms with Gasteiger partial charge in [0.25, 0.3) is 0 Å². The molecule has 37 heavy (non-hydrogen) atoms. The Morgan fingerprint density at radius 2 is 2.14 bits per heavy atom. The van der Waals surface area contributed by atoms with Crippen LogP contribution in [0.2, 0.25) is 0 Å². The summed E-state index contributed by atoms with van der Waals surface area (Å²) in [6, 6.07) is 10.5. The van der Waals surface area contributed by atoms with E-state index in [0.29, 0.717) is 19.6 Å². The molecular formula is C27H28N6O2S2. The average molecular weight is 533 g/mol. The number of carbonyl (C=O) groups is 1. The molecule has 5 heterocycles. The summed E-state index contributed by atoms with van der Waals surface area (Å²) in [5.41, 5.74) is 6.53. The lowest BCUT2D eigenvalue weighted by atomic mass is 10.0. The van der Waals surface area contributed by atoms with Gasteiger partial charge in [-0.15, -0.1) is 22.7 Å². The second-order valence-electron chi connectivity index (χ2n) is 8.98. The Balaban J connectivity index is 1.32. The summed E-state index contributed by atoms with van der Waals surface area (Å²) in [7, 11) is 1.67. The smallest absolute Gasteiger partial charge is 0.226 e. The van der Waals surface area contributed by atoms with Crippen molar-refractivity contribution in [1.82, 2.24) is 25.6 Å². The van der Waals surface area contributed by atoms with Crippen LogP contribution < -0.4 is 16.0 Å². The zero-order valence-corrected chi connectivity index (χ0v) is 22.2. The van der Waals surface area contributed by atoms with Gasteiger partial charge >= 0.3 is 0 Å². The quantitative estimate of drug-likeness (QED) is 0.204. The molecule has 10 heteroatoms. The third kappa shape index (κ3) is 4.90. The molecule has 0 aliphatic carbocycles. The first-order valence-corrected chi connectivity index (χ1v) is 14.0. The molecule has 0 unspecified atom stereocenters. The van der Waals surface area contributed by atoms with Crippen LogP contribution in [0.4, 0.5) is 5.00 Å². The number of aromatic amines is 1. The molecular weight excluding hydrogens is 504 g/mol. The van der Waals surface area contributed by atoms with E-state index in [1.54, 1.807) is 29.8 Å². The minimum absolute atomic E-state index is 0.00864. The van der Waals surface area contributed by atoms with E-state index in [2.05, 4.69) is 56.3 Å². The van der Waals surface area contributed by atoms with Gasteiger partial charge in [-0.2, -0.15) is 0 Å². The van der Waals surface area contributed by atoms with Gasteiger partial charge in [0.05, 0.1) is 16.8 Å². The van der Waals surface area contributed by atoms with Crippen molar-refractivity contribution in [3.63, 3.8) is 0 Å². The number of anilines is 1. The Kier molecular flexibility index (Phi) is 6.99. The lowest BCUT2D eigenvalue weighted by Crippen LogP contribution is -2.24. The van der Waals surface area contributed by atoms with Crippen molar-refractivity contribution in [2.24, 2.45) is 0 Å². The highest BCUT2D eigenvalue weighted by Crippen LogP contribution is 2.45. The SMILES string of the molecule is COCCNCCC(=O)Nc1sc2c(c1-c1nc3ccc(-c4ccnc5[nH]ccc45)cc3s1)CCNC2. The molecule has 6 rings (SSSR count). The molecule has 0 saturated heterocycles. The second kappa shape index (κ2) is 10.7. The standard InChI is InChI=1S/C27H28N6O2S2/c1-35-13-12-28-9-7-23(34)33-27-24(19-4-8-29-15-22(19)37-27)26-32-20-3-2-16(14-21(20)36-26)17-5-10-30-25-18(17)6-11-31-25/h2-3,5-6,10-11,14,28-29H,4,7-9,12-13,15H2,1H3,(H,30,31)(H,33,34). The first kappa shape index (κ1) is 24.2. The predicted octanol–water partition coefficient (Wildman–Crippen LogP) is 4.78. The van der Waals surface area contributed by atoms with Gasteiger partial charge in [0, 0.05) is 61.4 Å². The highest BCUT2D eigenvalue weighted by atomic mass is 32.1. The number of methoxy groups -OCH3 is 1. The minimum atomic E-state index is 0.00864. The molecule has 1 aliphatic rings. The summed E-state index contributed by atoms with van der Waals surface area (Å²) in [6.07, 6.45) is 5.10. The lowest BCUT2D eigenvalue weighted by molar-refractivity contribution is -0.116. The van der Waals surface area contributed by atoms with Crippen LogP contribution in [-0.4, -0.2) is 54.2 Å². The summed E-state index contributed by atoms with van der Waals surface area (Å²) in [4.78, 5) is 26.7. The van der Waals surface area contributed by atoms with Gasteiger partial charge in [0.15, 0.2) is 0 Å². The maximum absolute atomic E-state index is 12.8. The normalized spacial score (nSPS) is 13.3. The maximum Gasteiger partial charge on any atom is 0.226 e. The summed E-state index contributed by atoms with van der Waals surface area (Å²) < 4.78 is 6.18. The fraction of sp³-hybridized carbons (Fsp3) is 0.296. The molecule has 0 saturated carbocycles. The van der Waals surface area contributed by atoms with Crippen LogP contribution in [0.25, 0.3) is 42.9 Å². The first-order chi connectivity index (χ1) is 18.2. The molecule has 8 nitrogen and oxygen atoms in total. The molecule has 0 spiro atoms. The largest absolute Gasteiger partial charge is 0.383 e. The fourth-order valence-electron chi connectivity index (χ4n) is 4.75. The first-order valence-electron chi connectivity index (χ1n) is 12.4. The van der Waals surface area contributed by atoms with Crippen LogP contribution in [-0.2, 0) is 22.5 Å². The highest BCUT2D eigenvalue weighted by Gasteiger charge is 2.25. The maximum atomic E-state index is 12.8. The predicted molar refractivity (Wildman–Crippen MR) is 151 cm³/mol. The number of H-pyrrole nitrogens is 1. The summed E-state index contributed by atoms with van der Waals surface area (Å²) >= 11 is 3.35. The van der Waals surface area contributed by atoms with E-state index in [1.165, 1.54) is 10.4 Å². The van der Waals surface area contributed by atoms with Crippen molar-refractivity contribution in [3.8, 4) is 21.7 Å². The zero-order chi connectivity index (χ0) is 25.2. The third-order valence-corrected chi connectivity index (χ3v) is 8.75. The second-order valence-corrected chi connectivity index (χ2v) is 11.1. The number of benzene rings is 1.